The first-order chi connectivity index (χ1) is 8.86. The highest BCUT2D eigenvalue weighted by Gasteiger charge is 1.95. The van der Waals surface area contributed by atoms with Crippen LogP contribution in [0.1, 0.15) is 17.5 Å². The van der Waals surface area contributed by atoms with E-state index in [0.29, 0.717) is 18.8 Å². The Morgan fingerprint density at radius 1 is 1.28 bits per heavy atom. The first-order valence-electron chi connectivity index (χ1n) is 6.13. The fourth-order valence-electron chi connectivity index (χ4n) is 1.53. The Morgan fingerprint density at radius 2 is 2.17 bits per heavy atom. The van der Waals surface area contributed by atoms with Crippen LogP contribution in [0.3, 0.4) is 0 Å². The van der Waals surface area contributed by atoms with Crippen LogP contribution in [-0.4, -0.2) is 33.5 Å². The topological polar surface area (TPSA) is 54.3 Å². The number of hydrogen-bond donors (Lipinski definition) is 1. The molecule has 4 heteroatoms. The molecule has 1 aromatic rings. The third kappa shape index (κ3) is 6.36. The molecule has 0 fully saturated rings. The van der Waals surface area contributed by atoms with E-state index >= 15 is 0 Å². The second-order valence-electron chi connectivity index (χ2n) is 3.95. The van der Waals surface area contributed by atoms with Gasteiger partial charge in [-0.3, -0.25) is 0 Å². The second kappa shape index (κ2) is 9.60. The standard InChI is InChI=1S/C14H20N2O2/c1-17-8-9-18-7-3-6-16-12-14-5-2-4-13(10-14)11-15/h2,4-5,10,16H,3,6-9,12H2,1H3. The van der Waals surface area contributed by atoms with Gasteiger partial charge in [-0.1, -0.05) is 12.1 Å². The zero-order valence-corrected chi connectivity index (χ0v) is 10.8. The van der Waals surface area contributed by atoms with Gasteiger partial charge in [0.25, 0.3) is 0 Å². The van der Waals surface area contributed by atoms with Gasteiger partial charge < -0.3 is 14.8 Å². The average molecular weight is 248 g/mol. The van der Waals surface area contributed by atoms with E-state index in [1.54, 1.807) is 7.11 Å². The number of methoxy groups -OCH3 is 1. The molecular weight excluding hydrogens is 228 g/mol. The summed E-state index contributed by atoms with van der Waals surface area (Å²) in [5, 5.41) is 12.1. The van der Waals surface area contributed by atoms with E-state index in [2.05, 4.69) is 11.4 Å². The predicted octanol–water partition coefficient (Wildman–Crippen LogP) is 1.70. The lowest BCUT2D eigenvalue weighted by Crippen LogP contribution is -2.17. The van der Waals surface area contributed by atoms with Gasteiger partial charge in [-0.2, -0.15) is 5.26 Å². The Bertz CT molecular complexity index is 374. The van der Waals surface area contributed by atoms with Crippen molar-refractivity contribution in [1.29, 1.82) is 5.26 Å². The lowest BCUT2D eigenvalue weighted by molar-refractivity contribution is 0.0695. The molecule has 0 heterocycles. The van der Waals surface area contributed by atoms with Gasteiger partial charge in [-0.05, 0) is 30.7 Å². The molecule has 1 N–H and O–H groups in total. The monoisotopic (exact) mass is 248 g/mol. The maximum atomic E-state index is 8.78. The molecule has 1 rings (SSSR count). The van der Waals surface area contributed by atoms with E-state index in [-0.39, 0.29) is 0 Å². The highest BCUT2D eigenvalue weighted by atomic mass is 16.5. The van der Waals surface area contributed by atoms with Crippen molar-refractivity contribution in [3.05, 3.63) is 35.4 Å². The molecule has 0 saturated heterocycles. The summed E-state index contributed by atoms with van der Waals surface area (Å²) in [6.07, 6.45) is 0.974. The summed E-state index contributed by atoms with van der Waals surface area (Å²) in [5.41, 5.74) is 1.84. The van der Waals surface area contributed by atoms with Crippen LogP contribution in [0.25, 0.3) is 0 Å². The maximum absolute atomic E-state index is 8.78. The molecule has 0 unspecified atom stereocenters. The van der Waals surface area contributed by atoms with E-state index in [1.807, 2.05) is 24.3 Å². The molecular formula is C14H20N2O2. The van der Waals surface area contributed by atoms with Crippen molar-refractivity contribution >= 4 is 0 Å². The van der Waals surface area contributed by atoms with E-state index in [0.717, 1.165) is 31.7 Å². The summed E-state index contributed by atoms with van der Waals surface area (Å²) < 4.78 is 10.2. The van der Waals surface area contributed by atoms with Crippen molar-refractivity contribution in [1.82, 2.24) is 5.32 Å². The molecule has 18 heavy (non-hydrogen) atoms. The van der Waals surface area contributed by atoms with Gasteiger partial charge in [0.2, 0.25) is 0 Å². The summed E-state index contributed by atoms with van der Waals surface area (Å²) in [6, 6.07) is 9.78. The van der Waals surface area contributed by atoms with Crippen LogP contribution in [0.4, 0.5) is 0 Å². The normalized spacial score (nSPS) is 10.2. The molecule has 0 saturated carbocycles. The first-order valence-corrected chi connectivity index (χ1v) is 6.13. The SMILES string of the molecule is COCCOCCCNCc1cccc(C#N)c1. The van der Waals surface area contributed by atoms with E-state index in [9.17, 15) is 0 Å². The lowest BCUT2D eigenvalue weighted by Gasteiger charge is -2.06. The van der Waals surface area contributed by atoms with Crippen molar-refractivity contribution in [3.8, 4) is 6.07 Å². The molecule has 0 amide bonds. The number of benzene rings is 1. The highest BCUT2D eigenvalue weighted by Crippen LogP contribution is 2.03. The van der Waals surface area contributed by atoms with Crippen molar-refractivity contribution in [3.63, 3.8) is 0 Å². The predicted molar refractivity (Wildman–Crippen MR) is 70.2 cm³/mol. The quantitative estimate of drug-likeness (QED) is 0.676. The summed E-state index contributed by atoms with van der Waals surface area (Å²) >= 11 is 0. The number of nitrogens with zero attached hydrogens (tertiary/aromatic N) is 1. The molecule has 0 aliphatic rings. The number of hydrogen-bond acceptors (Lipinski definition) is 4. The molecule has 0 bridgehead atoms. The van der Waals surface area contributed by atoms with Crippen molar-refractivity contribution < 1.29 is 9.47 Å². The molecule has 0 aliphatic carbocycles. The van der Waals surface area contributed by atoms with Gasteiger partial charge in [-0.15, -0.1) is 0 Å². The smallest absolute Gasteiger partial charge is 0.0991 e. The van der Waals surface area contributed by atoms with Crippen molar-refractivity contribution in [2.75, 3.05) is 33.5 Å². The van der Waals surface area contributed by atoms with E-state index in [4.69, 9.17) is 14.7 Å². The van der Waals surface area contributed by atoms with Crippen LogP contribution in [0.2, 0.25) is 0 Å². The van der Waals surface area contributed by atoms with Crippen LogP contribution in [0.5, 0.6) is 0 Å². The second-order valence-corrected chi connectivity index (χ2v) is 3.95. The van der Waals surface area contributed by atoms with Crippen LogP contribution in [0, 0.1) is 11.3 Å². The Labute approximate surface area is 109 Å². The van der Waals surface area contributed by atoms with Gasteiger partial charge in [-0.25, -0.2) is 0 Å². The molecule has 0 spiro atoms. The number of ether oxygens (including phenoxy) is 2. The number of nitrogens with one attached hydrogen (secondary N) is 1. The van der Waals surface area contributed by atoms with Gasteiger partial charge in [0.15, 0.2) is 0 Å². The number of rotatable bonds is 9. The largest absolute Gasteiger partial charge is 0.382 e. The van der Waals surface area contributed by atoms with E-state index < -0.39 is 0 Å². The lowest BCUT2D eigenvalue weighted by atomic mass is 10.1. The molecule has 0 radical (unpaired) electrons. The van der Waals surface area contributed by atoms with Crippen molar-refractivity contribution in [2.45, 2.75) is 13.0 Å². The molecule has 0 aromatic heterocycles. The summed E-state index contributed by atoms with van der Waals surface area (Å²) in [4.78, 5) is 0. The van der Waals surface area contributed by atoms with Gasteiger partial charge in [0.05, 0.1) is 24.8 Å². The fourth-order valence-corrected chi connectivity index (χ4v) is 1.53. The van der Waals surface area contributed by atoms with Gasteiger partial charge in [0, 0.05) is 20.3 Å². The summed E-state index contributed by atoms with van der Waals surface area (Å²) in [5.74, 6) is 0. The molecule has 98 valence electrons. The van der Waals surface area contributed by atoms with Gasteiger partial charge in [0.1, 0.15) is 0 Å². The third-order valence-corrected chi connectivity index (χ3v) is 2.46. The summed E-state index contributed by atoms with van der Waals surface area (Å²) in [6.45, 7) is 3.74. The van der Waals surface area contributed by atoms with E-state index in [1.165, 1.54) is 0 Å². The molecule has 1 aromatic carbocycles. The minimum absolute atomic E-state index is 0.647. The summed E-state index contributed by atoms with van der Waals surface area (Å²) in [7, 11) is 1.67. The Balaban J connectivity index is 2.05. The van der Waals surface area contributed by atoms with Crippen LogP contribution < -0.4 is 5.32 Å². The maximum Gasteiger partial charge on any atom is 0.0991 e. The zero-order valence-electron chi connectivity index (χ0n) is 10.8. The average Bonchev–Trinajstić information content (AvgIpc) is 2.42. The minimum atomic E-state index is 0.647. The molecule has 0 aliphatic heterocycles. The molecule has 4 nitrogen and oxygen atoms in total. The van der Waals surface area contributed by atoms with Gasteiger partial charge >= 0.3 is 0 Å². The fraction of sp³-hybridized carbons (Fsp3) is 0.500. The molecule has 0 atom stereocenters. The number of nitriles is 1. The van der Waals surface area contributed by atoms with Crippen molar-refractivity contribution in [2.24, 2.45) is 0 Å². The first kappa shape index (κ1) is 14.7. The third-order valence-electron chi connectivity index (χ3n) is 2.46. The van der Waals surface area contributed by atoms with Crippen LogP contribution in [-0.2, 0) is 16.0 Å². The Kier molecular flexibility index (Phi) is 7.82. The Morgan fingerprint density at radius 3 is 2.94 bits per heavy atom. The highest BCUT2D eigenvalue weighted by molar-refractivity contribution is 5.32. The zero-order chi connectivity index (χ0) is 13.1. The Hall–Kier alpha value is -1.41. The van der Waals surface area contributed by atoms with Crippen LogP contribution >= 0.6 is 0 Å². The minimum Gasteiger partial charge on any atom is -0.382 e. The van der Waals surface area contributed by atoms with Crippen LogP contribution in [0.15, 0.2) is 24.3 Å².